The number of hydrogen-bond acceptors (Lipinski definition) is 1. The zero-order valence-corrected chi connectivity index (χ0v) is 12.3. The van der Waals surface area contributed by atoms with Gasteiger partial charge in [0, 0.05) is 6.04 Å². The highest BCUT2D eigenvalue weighted by Crippen LogP contribution is 2.20. The molecule has 0 saturated heterocycles. The quantitative estimate of drug-likeness (QED) is 0.612. The van der Waals surface area contributed by atoms with Crippen LogP contribution in [0.25, 0.3) is 0 Å². The second-order valence-corrected chi connectivity index (χ2v) is 5.99. The van der Waals surface area contributed by atoms with E-state index in [0.29, 0.717) is 0 Å². The van der Waals surface area contributed by atoms with Crippen molar-refractivity contribution in [3.8, 4) is 0 Å². The maximum absolute atomic E-state index is 3.72. The van der Waals surface area contributed by atoms with Gasteiger partial charge in [-0.2, -0.15) is 0 Å². The molecule has 0 aromatic carbocycles. The van der Waals surface area contributed by atoms with Crippen LogP contribution in [0, 0.1) is 17.8 Å². The van der Waals surface area contributed by atoms with Crippen LogP contribution in [0.4, 0.5) is 0 Å². The van der Waals surface area contributed by atoms with Crippen molar-refractivity contribution >= 4 is 0 Å². The summed E-state index contributed by atoms with van der Waals surface area (Å²) in [5, 5.41) is 3.72. The van der Waals surface area contributed by atoms with Crippen LogP contribution in [-0.4, -0.2) is 12.6 Å². The van der Waals surface area contributed by atoms with Crippen LogP contribution >= 0.6 is 0 Å². The van der Waals surface area contributed by atoms with Crippen molar-refractivity contribution in [1.82, 2.24) is 5.32 Å². The van der Waals surface area contributed by atoms with Gasteiger partial charge in [-0.25, -0.2) is 0 Å². The first kappa shape index (κ1) is 16.0. The SMILES string of the molecule is CCCNC(CCCC(C)C)C(C)C(C)C. The molecule has 1 heteroatoms. The van der Waals surface area contributed by atoms with Gasteiger partial charge in [0.1, 0.15) is 0 Å². The molecule has 2 unspecified atom stereocenters. The summed E-state index contributed by atoms with van der Waals surface area (Å²) in [4.78, 5) is 0. The summed E-state index contributed by atoms with van der Waals surface area (Å²) in [7, 11) is 0. The highest BCUT2D eigenvalue weighted by Gasteiger charge is 2.18. The van der Waals surface area contributed by atoms with E-state index in [1.165, 1.54) is 32.2 Å². The molecule has 0 bridgehead atoms. The highest BCUT2D eigenvalue weighted by atomic mass is 14.9. The first-order valence-electron chi connectivity index (χ1n) is 7.22. The summed E-state index contributed by atoms with van der Waals surface area (Å²) >= 11 is 0. The maximum atomic E-state index is 3.72. The second kappa shape index (κ2) is 9.04. The maximum Gasteiger partial charge on any atom is 0.00951 e. The minimum atomic E-state index is 0.721. The van der Waals surface area contributed by atoms with E-state index in [1.807, 2.05) is 0 Å². The number of nitrogens with one attached hydrogen (secondary N) is 1. The molecule has 0 heterocycles. The standard InChI is InChI=1S/C15H33N/c1-7-11-16-15(14(6)13(4)5)10-8-9-12(2)3/h12-16H,7-11H2,1-6H3. The summed E-state index contributed by atoms with van der Waals surface area (Å²) < 4.78 is 0. The molecule has 0 aliphatic rings. The lowest BCUT2D eigenvalue weighted by molar-refractivity contribution is 0.277. The van der Waals surface area contributed by atoms with E-state index in [0.717, 1.165) is 23.8 Å². The molecule has 1 N–H and O–H groups in total. The van der Waals surface area contributed by atoms with Crippen molar-refractivity contribution in [2.45, 2.75) is 73.3 Å². The lowest BCUT2D eigenvalue weighted by Gasteiger charge is -2.28. The monoisotopic (exact) mass is 227 g/mol. The summed E-state index contributed by atoms with van der Waals surface area (Å²) in [6.07, 6.45) is 5.33. The Bertz CT molecular complexity index is 152. The van der Waals surface area contributed by atoms with Crippen LogP contribution in [0.1, 0.15) is 67.2 Å². The largest absolute Gasteiger partial charge is 0.314 e. The van der Waals surface area contributed by atoms with Gasteiger partial charge < -0.3 is 5.32 Å². The van der Waals surface area contributed by atoms with Crippen molar-refractivity contribution in [2.75, 3.05) is 6.54 Å². The highest BCUT2D eigenvalue weighted by molar-refractivity contribution is 4.75. The Labute approximate surface area is 103 Å². The van der Waals surface area contributed by atoms with Crippen molar-refractivity contribution in [3.05, 3.63) is 0 Å². The lowest BCUT2D eigenvalue weighted by atomic mass is 9.86. The Morgan fingerprint density at radius 1 is 0.938 bits per heavy atom. The molecule has 98 valence electrons. The Morgan fingerprint density at radius 3 is 2.00 bits per heavy atom. The zero-order valence-electron chi connectivity index (χ0n) is 12.3. The predicted molar refractivity (Wildman–Crippen MR) is 74.8 cm³/mol. The molecule has 0 aromatic rings. The fraction of sp³-hybridized carbons (Fsp3) is 1.00. The van der Waals surface area contributed by atoms with Crippen LogP contribution in [0.3, 0.4) is 0 Å². The molecule has 0 saturated carbocycles. The third-order valence-electron chi connectivity index (χ3n) is 3.64. The van der Waals surface area contributed by atoms with E-state index in [4.69, 9.17) is 0 Å². The van der Waals surface area contributed by atoms with E-state index < -0.39 is 0 Å². The molecule has 16 heavy (non-hydrogen) atoms. The van der Waals surface area contributed by atoms with Gasteiger partial charge in [-0.1, -0.05) is 54.4 Å². The molecule has 0 aliphatic heterocycles. The first-order chi connectivity index (χ1) is 7.49. The van der Waals surface area contributed by atoms with Crippen molar-refractivity contribution < 1.29 is 0 Å². The van der Waals surface area contributed by atoms with Crippen LogP contribution < -0.4 is 5.32 Å². The van der Waals surface area contributed by atoms with Crippen LogP contribution in [0.2, 0.25) is 0 Å². The van der Waals surface area contributed by atoms with Gasteiger partial charge in [0.15, 0.2) is 0 Å². The average Bonchev–Trinajstić information content (AvgIpc) is 2.21. The van der Waals surface area contributed by atoms with E-state index >= 15 is 0 Å². The molecule has 0 aliphatic carbocycles. The van der Waals surface area contributed by atoms with E-state index in [2.05, 4.69) is 46.9 Å². The van der Waals surface area contributed by atoms with Gasteiger partial charge in [0.25, 0.3) is 0 Å². The Morgan fingerprint density at radius 2 is 1.56 bits per heavy atom. The van der Waals surface area contributed by atoms with Crippen molar-refractivity contribution in [1.29, 1.82) is 0 Å². The molecule has 0 amide bonds. The third-order valence-corrected chi connectivity index (χ3v) is 3.64. The fourth-order valence-electron chi connectivity index (χ4n) is 2.09. The molecule has 0 fully saturated rings. The third kappa shape index (κ3) is 7.27. The number of hydrogen-bond donors (Lipinski definition) is 1. The minimum Gasteiger partial charge on any atom is -0.314 e. The molecule has 2 atom stereocenters. The Kier molecular flexibility index (Phi) is 9.02. The van der Waals surface area contributed by atoms with Crippen LogP contribution in [0.15, 0.2) is 0 Å². The van der Waals surface area contributed by atoms with Crippen LogP contribution in [-0.2, 0) is 0 Å². The Balaban J connectivity index is 3.99. The van der Waals surface area contributed by atoms with Gasteiger partial charge >= 0.3 is 0 Å². The first-order valence-corrected chi connectivity index (χ1v) is 7.22. The van der Waals surface area contributed by atoms with Crippen molar-refractivity contribution in [2.24, 2.45) is 17.8 Å². The molecule has 1 nitrogen and oxygen atoms in total. The van der Waals surface area contributed by atoms with Gasteiger partial charge in [0.05, 0.1) is 0 Å². The van der Waals surface area contributed by atoms with Gasteiger partial charge in [-0.05, 0) is 37.1 Å². The average molecular weight is 227 g/mol. The molecule has 0 spiro atoms. The molecule has 0 aromatic heterocycles. The lowest BCUT2D eigenvalue weighted by Crippen LogP contribution is -2.37. The summed E-state index contributed by atoms with van der Waals surface area (Å²) in [6.45, 7) is 15.1. The normalized spacial score (nSPS) is 15.8. The fourth-order valence-corrected chi connectivity index (χ4v) is 2.09. The van der Waals surface area contributed by atoms with E-state index in [9.17, 15) is 0 Å². The Hall–Kier alpha value is -0.0400. The van der Waals surface area contributed by atoms with Gasteiger partial charge in [-0.15, -0.1) is 0 Å². The number of rotatable bonds is 9. The molecule has 0 rings (SSSR count). The predicted octanol–water partition coefficient (Wildman–Crippen LogP) is 4.47. The van der Waals surface area contributed by atoms with Crippen molar-refractivity contribution in [3.63, 3.8) is 0 Å². The van der Waals surface area contributed by atoms with Crippen LogP contribution in [0.5, 0.6) is 0 Å². The minimum absolute atomic E-state index is 0.721. The zero-order chi connectivity index (χ0) is 12.6. The summed E-state index contributed by atoms with van der Waals surface area (Å²) in [6, 6.07) is 0.721. The smallest absolute Gasteiger partial charge is 0.00951 e. The topological polar surface area (TPSA) is 12.0 Å². The molecule has 0 radical (unpaired) electrons. The summed E-state index contributed by atoms with van der Waals surface area (Å²) in [5.74, 6) is 2.42. The summed E-state index contributed by atoms with van der Waals surface area (Å²) in [5.41, 5.74) is 0. The van der Waals surface area contributed by atoms with E-state index in [-0.39, 0.29) is 0 Å². The molecular weight excluding hydrogens is 194 g/mol. The van der Waals surface area contributed by atoms with E-state index in [1.54, 1.807) is 0 Å². The van der Waals surface area contributed by atoms with Gasteiger partial charge in [-0.3, -0.25) is 0 Å². The van der Waals surface area contributed by atoms with Gasteiger partial charge in [0.2, 0.25) is 0 Å². The second-order valence-electron chi connectivity index (χ2n) is 5.99. The molecular formula is C15H33N.